The first-order valence-corrected chi connectivity index (χ1v) is 5.70. The van der Waals surface area contributed by atoms with E-state index in [1.54, 1.807) is 0 Å². The van der Waals surface area contributed by atoms with Crippen LogP contribution in [-0.4, -0.2) is 29.0 Å². The fourth-order valence-corrected chi connectivity index (χ4v) is 1.26. The second-order valence-electron chi connectivity index (χ2n) is 3.63. The van der Waals surface area contributed by atoms with Crippen molar-refractivity contribution >= 4 is 0 Å². The maximum absolute atomic E-state index is 4.43. The SMILES string of the molecule is C=CCc1cnc(CN(C)C)nc1C.CC. The van der Waals surface area contributed by atoms with Gasteiger partial charge in [-0.2, -0.15) is 0 Å². The zero-order valence-corrected chi connectivity index (χ0v) is 11.1. The Balaban J connectivity index is 0.00000106. The van der Waals surface area contributed by atoms with Gasteiger partial charge in [-0.1, -0.05) is 19.9 Å². The van der Waals surface area contributed by atoms with Gasteiger partial charge in [0.15, 0.2) is 0 Å². The summed E-state index contributed by atoms with van der Waals surface area (Å²) in [5.41, 5.74) is 2.21. The Morgan fingerprint density at radius 1 is 1.38 bits per heavy atom. The van der Waals surface area contributed by atoms with Crippen LogP contribution in [0.1, 0.15) is 30.9 Å². The number of hydrogen-bond acceptors (Lipinski definition) is 3. The standard InChI is InChI=1S/C11H17N3.C2H6/c1-5-6-10-7-12-11(8-14(3)4)13-9(10)2;1-2/h5,7H,1,6,8H2,2-4H3;1-2H3. The minimum atomic E-state index is 0.787. The molecule has 1 aromatic rings. The van der Waals surface area contributed by atoms with Gasteiger partial charge in [0.1, 0.15) is 5.82 Å². The maximum atomic E-state index is 4.43. The lowest BCUT2D eigenvalue weighted by molar-refractivity contribution is 0.389. The van der Waals surface area contributed by atoms with Gasteiger partial charge in [-0.15, -0.1) is 6.58 Å². The summed E-state index contributed by atoms with van der Waals surface area (Å²) in [6.45, 7) is 10.5. The number of rotatable bonds is 4. The molecule has 0 fully saturated rings. The molecule has 0 saturated carbocycles. The Kier molecular flexibility index (Phi) is 7.38. The quantitative estimate of drug-likeness (QED) is 0.732. The summed E-state index contributed by atoms with van der Waals surface area (Å²) in [6.07, 6.45) is 4.61. The first-order chi connectivity index (χ1) is 7.63. The van der Waals surface area contributed by atoms with Gasteiger partial charge in [0.05, 0.1) is 6.54 Å². The highest BCUT2D eigenvalue weighted by molar-refractivity contribution is 5.18. The highest BCUT2D eigenvalue weighted by atomic mass is 15.1. The van der Waals surface area contributed by atoms with Crippen LogP contribution in [0.25, 0.3) is 0 Å². The van der Waals surface area contributed by atoms with Gasteiger partial charge in [0.25, 0.3) is 0 Å². The third kappa shape index (κ3) is 5.03. The molecule has 3 nitrogen and oxygen atoms in total. The number of hydrogen-bond donors (Lipinski definition) is 0. The van der Waals surface area contributed by atoms with Crippen LogP contribution in [0.15, 0.2) is 18.9 Å². The van der Waals surface area contributed by atoms with Crippen LogP contribution in [-0.2, 0) is 13.0 Å². The second kappa shape index (κ2) is 7.99. The van der Waals surface area contributed by atoms with Crippen molar-refractivity contribution in [2.24, 2.45) is 0 Å². The second-order valence-corrected chi connectivity index (χ2v) is 3.63. The van der Waals surface area contributed by atoms with Gasteiger partial charge < -0.3 is 4.90 Å². The van der Waals surface area contributed by atoms with Gasteiger partial charge in [-0.3, -0.25) is 0 Å². The van der Waals surface area contributed by atoms with Gasteiger partial charge in [-0.25, -0.2) is 9.97 Å². The molecule has 0 aliphatic rings. The lowest BCUT2D eigenvalue weighted by Crippen LogP contribution is -2.14. The molecule has 0 spiro atoms. The Morgan fingerprint density at radius 3 is 2.44 bits per heavy atom. The molecule has 0 saturated heterocycles. The molecule has 0 atom stereocenters. The van der Waals surface area contributed by atoms with Crippen molar-refractivity contribution in [3.8, 4) is 0 Å². The summed E-state index contributed by atoms with van der Waals surface area (Å²) < 4.78 is 0. The van der Waals surface area contributed by atoms with Crippen LogP contribution < -0.4 is 0 Å². The van der Waals surface area contributed by atoms with Crippen molar-refractivity contribution in [2.75, 3.05) is 14.1 Å². The van der Waals surface area contributed by atoms with Crippen molar-refractivity contribution in [3.05, 3.63) is 35.9 Å². The Bertz CT molecular complexity index is 319. The van der Waals surface area contributed by atoms with Crippen LogP contribution in [0.4, 0.5) is 0 Å². The molecule has 0 aliphatic heterocycles. The molecule has 0 N–H and O–H groups in total. The molecule has 0 radical (unpaired) electrons. The van der Waals surface area contributed by atoms with Gasteiger partial charge in [-0.05, 0) is 33.0 Å². The summed E-state index contributed by atoms with van der Waals surface area (Å²) in [5.74, 6) is 0.875. The molecule has 1 aromatic heterocycles. The Hall–Kier alpha value is -1.22. The number of allylic oxidation sites excluding steroid dienone is 1. The van der Waals surface area contributed by atoms with E-state index in [1.807, 2.05) is 47.1 Å². The predicted molar refractivity (Wildman–Crippen MR) is 69.4 cm³/mol. The van der Waals surface area contributed by atoms with E-state index in [0.29, 0.717) is 0 Å². The molecule has 1 heterocycles. The molecule has 1 rings (SSSR count). The van der Waals surface area contributed by atoms with E-state index in [2.05, 4.69) is 21.4 Å². The van der Waals surface area contributed by atoms with Crippen LogP contribution in [0.5, 0.6) is 0 Å². The summed E-state index contributed by atoms with van der Waals surface area (Å²) >= 11 is 0. The molecule has 3 heteroatoms. The molecule has 0 aromatic carbocycles. The normalized spacial score (nSPS) is 9.62. The van der Waals surface area contributed by atoms with Crippen LogP contribution >= 0.6 is 0 Å². The highest BCUT2D eigenvalue weighted by Crippen LogP contribution is 2.06. The first-order valence-electron chi connectivity index (χ1n) is 5.70. The molecule has 16 heavy (non-hydrogen) atoms. The van der Waals surface area contributed by atoms with Crippen molar-refractivity contribution in [1.82, 2.24) is 14.9 Å². The average molecular weight is 221 g/mol. The Labute approximate surface area is 99.2 Å². The minimum Gasteiger partial charge on any atom is -0.302 e. The monoisotopic (exact) mass is 221 g/mol. The smallest absolute Gasteiger partial charge is 0.142 e. The van der Waals surface area contributed by atoms with Crippen molar-refractivity contribution < 1.29 is 0 Å². The van der Waals surface area contributed by atoms with E-state index in [4.69, 9.17) is 0 Å². The van der Waals surface area contributed by atoms with Crippen molar-refractivity contribution in [2.45, 2.75) is 33.7 Å². The molecule has 0 bridgehead atoms. The summed E-state index contributed by atoms with van der Waals surface area (Å²) in [5, 5.41) is 0. The summed E-state index contributed by atoms with van der Waals surface area (Å²) in [4.78, 5) is 10.8. The molecular weight excluding hydrogens is 198 g/mol. The summed E-state index contributed by atoms with van der Waals surface area (Å²) in [7, 11) is 4.02. The van der Waals surface area contributed by atoms with Gasteiger partial charge in [0, 0.05) is 11.9 Å². The topological polar surface area (TPSA) is 29.0 Å². The van der Waals surface area contributed by atoms with E-state index >= 15 is 0 Å². The zero-order valence-electron chi connectivity index (χ0n) is 11.1. The lowest BCUT2D eigenvalue weighted by Gasteiger charge is -2.09. The number of nitrogens with zero attached hydrogens (tertiary/aromatic N) is 3. The lowest BCUT2D eigenvalue weighted by atomic mass is 10.2. The van der Waals surface area contributed by atoms with Gasteiger partial charge >= 0.3 is 0 Å². The van der Waals surface area contributed by atoms with E-state index in [-0.39, 0.29) is 0 Å². The molecular formula is C13H23N3. The van der Waals surface area contributed by atoms with E-state index in [0.717, 1.165) is 30.0 Å². The van der Waals surface area contributed by atoms with Crippen molar-refractivity contribution in [1.29, 1.82) is 0 Å². The zero-order chi connectivity index (χ0) is 12.6. The molecule has 0 unspecified atom stereocenters. The number of aromatic nitrogens is 2. The molecule has 0 amide bonds. The number of aryl methyl sites for hydroxylation is 1. The fraction of sp³-hybridized carbons (Fsp3) is 0.538. The largest absolute Gasteiger partial charge is 0.302 e. The van der Waals surface area contributed by atoms with E-state index in [9.17, 15) is 0 Å². The minimum absolute atomic E-state index is 0.787. The predicted octanol–water partition coefficient (Wildman–Crippen LogP) is 2.60. The molecule has 90 valence electrons. The average Bonchev–Trinajstić information content (AvgIpc) is 2.24. The maximum Gasteiger partial charge on any atom is 0.142 e. The van der Waals surface area contributed by atoms with Gasteiger partial charge in [0.2, 0.25) is 0 Å². The van der Waals surface area contributed by atoms with Crippen LogP contribution in [0, 0.1) is 6.92 Å². The highest BCUT2D eigenvalue weighted by Gasteiger charge is 2.02. The molecule has 0 aliphatic carbocycles. The summed E-state index contributed by atoms with van der Waals surface area (Å²) in [6, 6.07) is 0. The fourth-order valence-electron chi connectivity index (χ4n) is 1.26. The third-order valence-corrected chi connectivity index (χ3v) is 1.95. The van der Waals surface area contributed by atoms with E-state index < -0.39 is 0 Å². The van der Waals surface area contributed by atoms with Crippen molar-refractivity contribution in [3.63, 3.8) is 0 Å². The van der Waals surface area contributed by atoms with E-state index in [1.165, 1.54) is 0 Å². The first kappa shape index (κ1) is 14.8. The Morgan fingerprint density at radius 2 is 2.00 bits per heavy atom. The van der Waals surface area contributed by atoms with Crippen LogP contribution in [0.3, 0.4) is 0 Å². The third-order valence-electron chi connectivity index (χ3n) is 1.95. The van der Waals surface area contributed by atoms with Crippen LogP contribution in [0.2, 0.25) is 0 Å².